The Morgan fingerprint density at radius 2 is 1.72 bits per heavy atom. The molecule has 1 amide bonds. The fourth-order valence-corrected chi connectivity index (χ4v) is 2.27. The Hall–Kier alpha value is -1.85. The summed E-state index contributed by atoms with van der Waals surface area (Å²) in [6, 6.07) is 2.19. The van der Waals surface area contributed by atoms with Crippen LogP contribution in [0.5, 0.6) is 0 Å². The number of nitrogens with zero attached hydrogens (tertiary/aromatic N) is 1. The molecule has 0 radical (unpaired) electrons. The zero-order valence-electron chi connectivity index (χ0n) is 9.83. The number of piperidine rings is 1. The van der Waals surface area contributed by atoms with Crippen molar-refractivity contribution in [1.29, 1.82) is 0 Å². The third-order valence-electron chi connectivity index (χ3n) is 3.25. The first-order valence-corrected chi connectivity index (χ1v) is 5.78. The number of carbonyl (C=O) groups excluding carboxylic acids is 1. The van der Waals surface area contributed by atoms with E-state index in [1.165, 1.54) is 0 Å². The van der Waals surface area contributed by atoms with Crippen LogP contribution in [0, 0.1) is 17.6 Å². The van der Waals surface area contributed by atoms with Gasteiger partial charge in [0.25, 0.3) is 0 Å². The largest absolute Gasteiger partial charge is 0.399 e. The van der Waals surface area contributed by atoms with Gasteiger partial charge in [0.2, 0.25) is 5.91 Å². The van der Waals surface area contributed by atoms with Gasteiger partial charge < -0.3 is 16.4 Å². The van der Waals surface area contributed by atoms with Gasteiger partial charge in [-0.05, 0) is 25.0 Å². The van der Waals surface area contributed by atoms with Crippen LogP contribution in [0.25, 0.3) is 0 Å². The van der Waals surface area contributed by atoms with Gasteiger partial charge in [-0.25, -0.2) is 8.78 Å². The smallest absolute Gasteiger partial charge is 0.220 e. The highest BCUT2D eigenvalue weighted by atomic mass is 19.1. The molecule has 1 saturated heterocycles. The quantitative estimate of drug-likeness (QED) is 0.781. The molecule has 0 saturated carbocycles. The average molecular weight is 255 g/mol. The van der Waals surface area contributed by atoms with E-state index in [9.17, 15) is 13.6 Å². The number of carbonyl (C=O) groups is 1. The van der Waals surface area contributed by atoms with E-state index >= 15 is 0 Å². The van der Waals surface area contributed by atoms with Crippen LogP contribution in [0.15, 0.2) is 12.1 Å². The van der Waals surface area contributed by atoms with Crippen molar-refractivity contribution in [2.75, 3.05) is 23.7 Å². The van der Waals surface area contributed by atoms with Gasteiger partial charge in [-0.15, -0.1) is 0 Å². The van der Waals surface area contributed by atoms with Crippen molar-refractivity contribution in [3.05, 3.63) is 23.8 Å². The number of hydrogen-bond donors (Lipinski definition) is 2. The number of rotatable bonds is 2. The van der Waals surface area contributed by atoms with E-state index in [0.717, 1.165) is 12.1 Å². The Morgan fingerprint density at radius 1 is 1.22 bits per heavy atom. The van der Waals surface area contributed by atoms with Crippen molar-refractivity contribution in [3.63, 3.8) is 0 Å². The number of primary amides is 1. The molecule has 4 nitrogen and oxygen atoms in total. The number of nitrogen functional groups attached to an aromatic ring is 1. The lowest BCUT2D eigenvalue weighted by atomic mass is 9.96. The van der Waals surface area contributed by atoms with E-state index in [0.29, 0.717) is 25.9 Å². The monoisotopic (exact) mass is 255 g/mol. The van der Waals surface area contributed by atoms with Crippen LogP contribution >= 0.6 is 0 Å². The minimum atomic E-state index is -0.676. The Labute approximate surface area is 104 Å². The van der Waals surface area contributed by atoms with E-state index in [2.05, 4.69) is 0 Å². The molecule has 1 heterocycles. The van der Waals surface area contributed by atoms with Crippen LogP contribution in [0.2, 0.25) is 0 Å². The van der Waals surface area contributed by atoms with E-state index in [1.54, 1.807) is 4.90 Å². The van der Waals surface area contributed by atoms with Crippen LogP contribution < -0.4 is 16.4 Å². The number of anilines is 2. The van der Waals surface area contributed by atoms with Crippen LogP contribution in [-0.2, 0) is 4.79 Å². The molecule has 0 unspecified atom stereocenters. The number of nitrogens with two attached hydrogens (primary N) is 2. The minimum Gasteiger partial charge on any atom is -0.399 e. The van der Waals surface area contributed by atoms with E-state index in [-0.39, 0.29) is 23.2 Å². The molecule has 0 spiro atoms. The van der Waals surface area contributed by atoms with Crippen molar-refractivity contribution >= 4 is 17.3 Å². The van der Waals surface area contributed by atoms with Gasteiger partial charge in [-0.2, -0.15) is 0 Å². The predicted molar refractivity (Wildman–Crippen MR) is 64.9 cm³/mol. The van der Waals surface area contributed by atoms with Gasteiger partial charge in [0.15, 0.2) is 11.6 Å². The van der Waals surface area contributed by atoms with Gasteiger partial charge in [-0.3, -0.25) is 4.79 Å². The van der Waals surface area contributed by atoms with Gasteiger partial charge >= 0.3 is 0 Å². The summed E-state index contributed by atoms with van der Waals surface area (Å²) in [4.78, 5) is 12.6. The third kappa shape index (κ3) is 2.37. The van der Waals surface area contributed by atoms with Gasteiger partial charge in [0, 0.05) is 24.7 Å². The molecule has 0 bridgehead atoms. The lowest BCUT2D eigenvalue weighted by Crippen LogP contribution is -2.39. The second-order valence-electron chi connectivity index (χ2n) is 4.50. The number of halogens is 2. The van der Waals surface area contributed by atoms with Crippen LogP contribution in [0.3, 0.4) is 0 Å². The summed E-state index contributed by atoms with van der Waals surface area (Å²) in [6.07, 6.45) is 1.02. The lowest BCUT2D eigenvalue weighted by molar-refractivity contribution is -0.122. The number of benzene rings is 1. The molecule has 1 aliphatic heterocycles. The molecule has 0 aromatic heterocycles. The fraction of sp³-hybridized carbons (Fsp3) is 0.417. The number of hydrogen-bond acceptors (Lipinski definition) is 3. The SMILES string of the molecule is NC(=O)C1CCN(c2c(F)cc(N)cc2F)CC1. The van der Waals surface area contributed by atoms with E-state index in [1.807, 2.05) is 0 Å². The third-order valence-corrected chi connectivity index (χ3v) is 3.25. The fourth-order valence-electron chi connectivity index (χ4n) is 2.27. The summed E-state index contributed by atoms with van der Waals surface area (Å²) in [6.45, 7) is 0.816. The van der Waals surface area contributed by atoms with Crippen LogP contribution in [0.1, 0.15) is 12.8 Å². The van der Waals surface area contributed by atoms with Crippen molar-refractivity contribution in [2.24, 2.45) is 11.7 Å². The van der Waals surface area contributed by atoms with Crippen molar-refractivity contribution in [3.8, 4) is 0 Å². The molecule has 1 fully saturated rings. The summed E-state index contributed by atoms with van der Waals surface area (Å²) in [5, 5.41) is 0. The molecule has 0 aliphatic carbocycles. The second kappa shape index (κ2) is 4.80. The molecule has 2 rings (SSSR count). The van der Waals surface area contributed by atoms with Crippen molar-refractivity contribution < 1.29 is 13.6 Å². The van der Waals surface area contributed by atoms with Crippen molar-refractivity contribution in [2.45, 2.75) is 12.8 Å². The summed E-state index contributed by atoms with van der Waals surface area (Å²) < 4.78 is 27.4. The highest BCUT2D eigenvalue weighted by Crippen LogP contribution is 2.29. The maximum Gasteiger partial charge on any atom is 0.220 e. The standard InChI is InChI=1S/C12H15F2N3O/c13-9-5-8(15)6-10(14)11(9)17-3-1-7(2-4-17)12(16)18/h5-7H,1-4,15H2,(H2,16,18). The van der Waals surface area contributed by atoms with Gasteiger partial charge in [0.1, 0.15) is 5.69 Å². The summed E-state index contributed by atoms with van der Waals surface area (Å²) in [5.41, 5.74) is 10.5. The molecular weight excluding hydrogens is 240 g/mol. The topological polar surface area (TPSA) is 72.4 Å². The minimum absolute atomic E-state index is 0.0563. The van der Waals surface area contributed by atoms with Gasteiger partial charge in [0.05, 0.1) is 0 Å². The second-order valence-corrected chi connectivity index (χ2v) is 4.50. The highest BCUT2D eigenvalue weighted by molar-refractivity contribution is 5.77. The molecule has 4 N–H and O–H groups in total. The first-order valence-electron chi connectivity index (χ1n) is 5.78. The molecular formula is C12H15F2N3O. The zero-order chi connectivity index (χ0) is 13.3. The highest BCUT2D eigenvalue weighted by Gasteiger charge is 2.26. The van der Waals surface area contributed by atoms with E-state index < -0.39 is 11.6 Å². The number of amides is 1. The van der Waals surface area contributed by atoms with Crippen molar-refractivity contribution in [1.82, 2.24) is 0 Å². The normalized spacial score (nSPS) is 16.9. The maximum atomic E-state index is 13.7. The molecule has 1 aromatic carbocycles. The molecule has 18 heavy (non-hydrogen) atoms. The van der Waals surface area contributed by atoms with Crippen LogP contribution in [-0.4, -0.2) is 19.0 Å². The lowest BCUT2D eigenvalue weighted by Gasteiger charge is -2.32. The molecule has 98 valence electrons. The van der Waals surface area contributed by atoms with Gasteiger partial charge in [-0.1, -0.05) is 0 Å². The summed E-state index contributed by atoms with van der Waals surface area (Å²) in [7, 11) is 0. The Kier molecular flexibility index (Phi) is 3.36. The summed E-state index contributed by atoms with van der Waals surface area (Å²) in [5.74, 6) is -1.91. The first-order chi connectivity index (χ1) is 8.49. The molecule has 1 aromatic rings. The molecule has 0 atom stereocenters. The Morgan fingerprint density at radius 3 is 2.17 bits per heavy atom. The first kappa shape index (κ1) is 12.6. The zero-order valence-corrected chi connectivity index (χ0v) is 9.83. The molecule has 1 aliphatic rings. The maximum absolute atomic E-state index is 13.7. The predicted octanol–water partition coefficient (Wildman–Crippen LogP) is 1.25. The Balaban J connectivity index is 2.17. The Bertz CT molecular complexity index is 447. The summed E-state index contributed by atoms with van der Waals surface area (Å²) >= 11 is 0. The average Bonchev–Trinajstić information content (AvgIpc) is 2.28. The molecule has 6 heteroatoms. The van der Waals surface area contributed by atoms with E-state index in [4.69, 9.17) is 11.5 Å². The van der Waals surface area contributed by atoms with Crippen LogP contribution in [0.4, 0.5) is 20.2 Å².